The zero-order valence-electron chi connectivity index (χ0n) is 11.1. The van der Waals surface area contributed by atoms with E-state index >= 15 is 0 Å². The molecule has 0 saturated heterocycles. The third-order valence-electron chi connectivity index (χ3n) is 3.03. The third kappa shape index (κ3) is 3.75. The van der Waals surface area contributed by atoms with Crippen molar-refractivity contribution in [3.05, 3.63) is 67.6 Å². The van der Waals surface area contributed by atoms with E-state index in [1.54, 1.807) is 18.2 Å². The van der Waals surface area contributed by atoms with Crippen molar-refractivity contribution in [1.82, 2.24) is 5.32 Å². The van der Waals surface area contributed by atoms with E-state index in [2.05, 4.69) is 21.2 Å². The van der Waals surface area contributed by atoms with Crippen molar-refractivity contribution in [1.29, 1.82) is 0 Å². The molecule has 2 aromatic carbocycles. The van der Waals surface area contributed by atoms with E-state index < -0.39 is 17.7 Å². The molecule has 2 rings (SSSR count). The van der Waals surface area contributed by atoms with Gasteiger partial charge in [-0.3, -0.25) is 0 Å². The number of nitrogens with one attached hydrogen (secondary N) is 1. The van der Waals surface area contributed by atoms with E-state index in [0.29, 0.717) is 22.2 Å². The van der Waals surface area contributed by atoms with Gasteiger partial charge < -0.3 is 5.32 Å². The SMILES string of the molecule is CCNC(c1cc(F)c(Br)cc1F)c1ccc(Cl)cc1Cl. The Hall–Kier alpha value is -0.680. The van der Waals surface area contributed by atoms with Crippen molar-refractivity contribution in [2.75, 3.05) is 6.54 Å². The maximum atomic E-state index is 14.2. The highest BCUT2D eigenvalue weighted by atomic mass is 79.9. The Labute approximate surface area is 140 Å². The Kier molecular flexibility index (Phi) is 5.60. The lowest BCUT2D eigenvalue weighted by Gasteiger charge is -2.21. The highest BCUT2D eigenvalue weighted by Crippen LogP contribution is 2.33. The Bertz CT molecular complexity index is 664. The molecule has 21 heavy (non-hydrogen) atoms. The fourth-order valence-electron chi connectivity index (χ4n) is 2.09. The highest BCUT2D eigenvalue weighted by Gasteiger charge is 2.21. The summed E-state index contributed by atoms with van der Waals surface area (Å²) in [6.45, 7) is 2.45. The van der Waals surface area contributed by atoms with E-state index in [1.165, 1.54) is 0 Å². The third-order valence-corrected chi connectivity index (χ3v) is 4.20. The predicted octanol–water partition coefficient (Wildman–Crippen LogP) is 5.73. The first-order valence-corrected chi connectivity index (χ1v) is 7.81. The van der Waals surface area contributed by atoms with Gasteiger partial charge in [-0.05, 0) is 52.3 Å². The maximum absolute atomic E-state index is 14.2. The van der Waals surface area contributed by atoms with Gasteiger partial charge in [-0.2, -0.15) is 0 Å². The second-order valence-electron chi connectivity index (χ2n) is 4.44. The van der Waals surface area contributed by atoms with Crippen LogP contribution >= 0.6 is 39.1 Å². The maximum Gasteiger partial charge on any atom is 0.137 e. The standard InChI is InChI=1S/C15H12BrCl2F2N/c1-2-21-15(9-4-3-8(17)5-12(9)18)10-6-14(20)11(16)7-13(10)19/h3-7,15,21H,2H2,1H3. The number of rotatable bonds is 4. The molecule has 0 spiro atoms. The summed E-state index contributed by atoms with van der Waals surface area (Å²) in [6.07, 6.45) is 0. The van der Waals surface area contributed by atoms with Crippen LogP contribution in [-0.2, 0) is 0 Å². The molecule has 0 fully saturated rings. The van der Waals surface area contributed by atoms with Crippen LogP contribution in [0.4, 0.5) is 8.78 Å². The highest BCUT2D eigenvalue weighted by molar-refractivity contribution is 9.10. The van der Waals surface area contributed by atoms with Crippen molar-refractivity contribution in [2.45, 2.75) is 13.0 Å². The van der Waals surface area contributed by atoms with Gasteiger partial charge in [0.1, 0.15) is 11.6 Å². The molecule has 1 unspecified atom stereocenters. The molecule has 112 valence electrons. The monoisotopic (exact) mass is 393 g/mol. The van der Waals surface area contributed by atoms with Crippen LogP contribution < -0.4 is 5.32 Å². The molecule has 6 heteroatoms. The average Bonchev–Trinajstić information content (AvgIpc) is 2.41. The van der Waals surface area contributed by atoms with Crippen LogP contribution in [0.1, 0.15) is 24.1 Å². The van der Waals surface area contributed by atoms with Crippen molar-refractivity contribution >= 4 is 39.1 Å². The second kappa shape index (κ2) is 7.05. The van der Waals surface area contributed by atoms with Crippen molar-refractivity contribution in [2.24, 2.45) is 0 Å². The zero-order valence-corrected chi connectivity index (χ0v) is 14.2. The first-order valence-electron chi connectivity index (χ1n) is 6.26. The van der Waals surface area contributed by atoms with Gasteiger partial charge in [0.05, 0.1) is 10.5 Å². The number of halogens is 5. The Morgan fingerprint density at radius 1 is 1.10 bits per heavy atom. The minimum atomic E-state index is -0.553. The molecule has 1 nitrogen and oxygen atoms in total. The quantitative estimate of drug-likeness (QED) is 0.652. The van der Waals surface area contributed by atoms with Crippen molar-refractivity contribution in [3.8, 4) is 0 Å². The molecular formula is C15H12BrCl2F2N. The van der Waals surface area contributed by atoms with Crippen LogP contribution in [-0.4, -0.2) is 6.54 Å². The molecule has 0 aliphatic carbocycles. The zero-order chi connectivity index (χ0) is 15.6. The molecule has 0 amide bonds. The van der Waals surface area contributed by atoms with E-state index in [1.807, 2.05) is 6.92 Å². The van der Waals surface area contributed by atoms with Gasteiger partial charge in [0.2, 0.25) is 0 Å². The molecule has 1 N–H and O–H groups in total. The topological polar surface area (TPSA) is 12.0 Å². The van der Waals surface area contributed by atoms with Gasteiger partial charge in [0.15, 0.2) is 0 Å². The lowest BCUT2D eigenvalue weighted by Crippen LogP contribution is -2.23. The lowest BCUT2D eigenvalue weighted by molar-refractivity contribution is 0.542. The Balaban J connectivity index is 2.55. The molecule has 0 radical (unpaired) electrons. The fraction of sp³-hybridized carbons (Fsp3) is 0.200. The smallest absolute Gasteiger partial charge is 0.137 e. The van der Waals surface area contributed by atoms with Gasteiger partial charge in [0.25, 0.3) is 0 Å². The summed E-state index contributed by atoms with van der Waals surface area (Å²) in [5, 5.41) is 4.00. The number of benzene rings is 2. The lowest BCUT2D eigenvalue weighted by atomic mass is 9.98. The van der Waals surface area contributed by atoms with Crippen LogP contribution in [0.15, 0.2) is 34.8 Å². The van der Waals surface area contributed by atoms with Crippen molar-refractivity contribution in [3.63, 3.8) is 0 Å². The molecule has 0 heterocycles. The van der Waals surface area contributed by atoms with Crippen LogP contribution in [0.3, 0.4) is 0 Å². The fourth-order valence-corrected chi connectivity index (χ4v) is 2.92. The molecule has 0 saturated carbocycles. The Morgan fingerprint density at radius 3 is 2.43 bits per heavy atom. The van der Waals surface area contributed by atoms with Crippen LogP contribution in [0.25, 0.3) is 0 Å². The first-order chi connectivity index (χ1) is 9.93. The first kappa shape index (κ1) is 16.7. The molecule has 0 aliphatic rings. The number of hydrogen-bond donors (Lipinski definition) is 1. The van der Waals surface area contributed by atoms with Gasteiger partial charge in [-0.1, -0.05) is 36.2 Å². The summed E-state index contributed by atoms with van der Waals surface area (Å²) in [5.41, 5.74) is 0.838. The van der Waals surface area contributed by atoms with E-state index in [9.17, 15) is 8.78 Å². The summed E-state index contributed by atoms with van der Waals surface area (Å²) in [7, 11) is 0. The summed E-state index contributed by atoms with van der Waals surface area (Å²) >= 11 is 15.0. The van der Waals surface area contributed by atoms with Crippen LogP contribution in [0.5, 0.6) is 0 Å². The van der Waals surface area contributed by atoms with Crippen LogP contribution in [0.2, 0.25) is 10.0 Å². The van der Waals surface area contributed by atoms with Gasteiger partial charge in [-0.15, -0.1) is 0 Å². The number of hydrogen-bond acceptors (Lipinski definition) is 1. The normalized spacial score (nSPS) is 12.5. The molecule has 2 aromatic rings. The van der Waals surface area contributed by atoms with Crippen LogP contribution in [0, 0.1) is 11.6 Å². The summed E-state index contributed by atoms with van der Waals surface area (Å²) < 4.78 is 28.0. The second-order valence-corrected chi connectivity index (χ2v) is 6.14. The minimum Gasteiger partial charge on any atom is -0.306 e. The Morgan fingerprint density at radius 2 is 1.81 bits per heavy atom. The van der Waals surface area contributed by atoms with Crippen molar-refractivity contribution < 1.29 is 8.78 Å². The molecule has 0 aromatic heterocycles. The molecule has 1 atom stereocenters. The van der Waals surface area contributed by atoms with E-state index in [0.717, 1.165) is 12.1 Å². The molecule has 0 bridgehead atoms. The summed E-state index contributed by atoms with van der Waals surface area (Å²) in [5.74, 6) is -1.04. The van der Waals surface area contributed by atoms with Gasteiger partial charge in [0, 0.05) is 15.6 Å². The van der Waals surface area contributed by atoms with Gasteiger partial charge in [-0.25, -0.2) is 8.78 Å². The summed E-state index contributed by atoms with van der Waals surface area (Å²) in [4.78, 5) is 0. The minimum absolute atomic E-state index is 0.0844. The largest absolute Gasteiger partial charge is 0.306 e. The summed E-state index contributed by atoms with van der Waals surface area (Å²) in [6, 6.07) is 6.67. The molecular weight excluding hydrogens is 383 g/mol. The molecule has 0 aliphatic heterocycles. The van der Waals surface area contributed by atoms with E-state index in [4.69, 9.17) is 23.2 Å². The van der Waals surface area contributed by atoms with Gasteiger partial charge >= 0.3 is 0 Å². The van der Waals surface area contributed by atoms with E-state index in [-0.39, 0.29) is 10.0 Å². The predicted molar refractivity (Wildman–Crippen MR) is 86.0 cm³/mol. The average molecular weight is 395 g/mol.